The maximum Gasteiger partial charge on any atom is 0.137 e. The molecule has 1 aliphatic heterocycles. The molecule has 410 valence electrons. The summed E-state index contributed by atoms with van der Waals surface area (Å²) in [7, 11) is 0. The number of nitrogens with zero attached hydrogens (tertiary/aromatic N) is 2. The first-order valence-corrected chi connectivity index (χ1v) is 29.9. The van der Waals surface area contributed by atoms with E-state index in [1.807, 2.05) is 12.1 Å². The van der Waals surface area contributed by atoms with Crippen molar-refractivity contribution in [2.45, 2.75) is 25.4 Å². The van der Waals surface area contributed by atoms with Crippen LogP contribution < -0.4 is 14.5 Å². The van der Waals surface area contributed by atoms with Crippen LogP contribution in [0.25, 0.3) is 132 Å². The number of hydrogen-bond acceptors (Lipinski definition) is 7. The third-order valence-corrected chi connectivity index (χ3v) is 18.5. The van der Waals surface area contributed by atoms with Gasteiger partial charge in [0.15, 0.2) is 0 Å². The van der Waals surface area contributed by atoms with Crippen LogP contribution in [0.15, 0.2) is 278 Å². The van der Waals surface area contributed by atoms with Crippen LogP contribution in [0.5, 0.6) is 5.75 Å². The van der Waals surface area contributed by atoms with Gasteiger partial charge in [0.1, 0.15) is 56.7 Å². The first kappa shape index (κ1) is 48.1. The zero-order valence-corrected chi connectivity index (χ0v) is 47.0. The third kappa shape index (κ3) is 7.55. The first-order chi connectivity index (χ1) is 43.0. The summed E-state index contributed by atoms with van der Waals surface area (Å²) in [5.41, 5.74) is 20.2. The van der Waals surface area contributed by atoms with Crippen LogP contribution >= 0.6 is 0 Å². The number of rotatable bonds is 8. The molecule has 16 aromatic rings. The van der Waals surface area contributed by atoms with E-state index in [1.165, 1.54) is 49.4 Å². The second kappa shape index (κ2) is 18.6. The van der Waals surface area contributed by atoms with Crippen LogP contribution in [-0.4, -0.2) is 6.10 Å². The van der Waals surface area contributed by atoms with E-state index in [2.05, 4.69) is 259 Å². The van der Waals surface area contributed by atoms with Crippen molar-refractivity contribution in [1.82, 2.24) is 0 Å². The summed E-state index contributed by atoms with van der Waals surface area (Å²) < 4.78 is 33.7. The molecule has 0 bridgehead atoms. The first-order valence-electron chi connectivity index (χ1n) is 29.9. The van der Waals surface area contributed by atoms with Crippen LogP contribution in [0.1, 0.15) is 29.7 Å². The highest BCUT2D eigenvalue weighted by molar-refractivity contribution is 6.17. The van der Waals surface area contributed by atoms with Gasteiger partial charge in [-0.25, -0.2) is 0 Å². The Morgan fingerprint density at radius 1 is 0.345 bits per heavy atom. The van der Waals surface area contributed by atoms with Crippen LogP contribution in [0.4, 0.5) is 28.4 Å². The van der Waals surface area contributed by atoms with Gasteiger partial charge in [0.05, 0.1) is 0 Å². The molecule has 12 aromatic carbocycles. The molecule has 0 fully saturated rings. The fourth-order valence-corrected chi connectivity index (χ4v) is 14.3. The van der Waals surface area contributed by atoms with E-state index in [-0.39, 0.29) is 6.10 Å². The summed E-state index contributed by atoms with van der Waals surface area (Å²) in [5.74, 6) is 1.78. The molecule has 1 unspecified atom stereocenters. The van der Waals surface area contributed by atoms with E-state index in [4.69, 9.17) is 22.4 Å². The van der Waals surface area contributed by atoms with Gasteiger partial charge in [0, 0.05) is 119 Å². The number of allylic oxidation sites excluding steroid dienone is 3. The molecule has 4 aromatic heterocycles. The lowest BCUT2D eigenvalue weighted by Crippen LogP contribution is -2.19. The number of anilines is 5. The van der Waals surface area contributed by atoms with Gasteiger partial charge in [-0.3, -0.25) is 0 Å². The van der Waals surface area contributed by atoms with Gasteiger partial charge in [-0.1, -0.05) is 146 Å². The van der Waals surface area contributed by atoms with Crippen molar-refractivity contribution < 1.29 is 22.4 Å². The summed E-state index contributed by atoms with van der Waals surface area (Å²) in [6, 6.07) is 84.5. The maximum atomic E-state index is 6.94. The average Bonchev–Trinajstić information content (AvgIpc) is 1.79. The van der Waals surface area contributed by atoms with E-state index in [9.17, 15) is 0 Å². The standard InChI is InChI=1S/C80H50N2O5/c1-3-15-57-47(11-1)13-9-19-59(57)49-23-27-51(28-24-49)81(53-31-35-63-61-17-5-7-21-71(61)83-73(63)39-53)55-33-37-65-67-43-79-69(45-77(67)85-75(65)41-55)70-46-78-68(44-80(70)87-79)66-38-34-56(42-76(66)86-78)82(54-32-36-64-62-18-6-8-22-72(62)84-74(64)40-54)52-29-25-50(26-30-52)60-20-10-14-48-12-2-4-16-58(48)60/h1-21,23-33,35-37,39-46,72H,22,34,38H2. The van der Waals surface area contributed by atoms with Crippen molar-refractivity contribution in [2.75, 3.05) is 9.80 Å². The topological polar surface area (TPSA) is 68.3 Å². The minimum Gasteiger partial charge on any atom is -0.485 e. The second-order valence-corrected chi connectivity index (χ2v) is 23.3. The molecule has 0 radical (unpaired) electrons. The van der Waals surface area contributed by atoms with Crippen LogP contribution in [0, 0.1) is 0 Å². The number of benzene rings is 12. The van der Waals surface area contributed by atoms with Crippen molar-refractivity contribution in [3.8, 4) is 28.0 Å². The minimum atomic E-state index is 0.0449. The lowest BCUT2D eigenvalue weighted by molar-refractivity contribution is 0.279. The Kier molecular flexibility index (Phi) is 10.3. The summed E-state index contributed by atoms with van der Waals surface area (Å²) in [5, 5.41) is 12.1. The largest absolute Gasteiger partial charge is 0.485 e. The molecule has 0 amide bonds. The van der Waals surface area contributed by atoms with Gasteiger partial charge in [-0.05, 0) is 148 Å². The van der Waals surface area contributed by atoms with E-state index in [0.29, 0.717) is 0 Å². The highest BCUT2D eigenvalue weighted by Gasteiger charge is 2.31. The predicted octanol–water partition coefficient (Wildman–Crippen LogP) is 22.5. The summed E-state index contributed by atoms with van der Waals surface area (Å²) in [6.45, 7) is 0. The number of para-hydroxylation sites is 1. The number of aryl methyl sites for hydroxylation is 1. The average molecular weight is 1120 g/mol. The molecule has 0 saturated heterocycles. The predicted molar refractivity (Wildman–Crippen MR) is 356 cm³/mol. The number of furan rings is 4. The van der Waals surface area contributed by atoms with Crippen molar-refractivity contribution in [3.05, 3.63) is 277 Å². The molecule has 0 spiro atoms. The minimum absolute atomic E-state index is 0.0449. The molecule has 1 atom stereocenters. The highest BCUT2D eigenvalue weighted by atomic mass is 16.5. The molecule has 3 aliphatic rings. The van der Waals surface area contributed by atoms with Gasteiger partial charge < -0.3 is 32.2 Å². The number of hydrogen-bond donors (Lipinski definition) is 0. The Balaban J connectivity index is 0.688. The van der Waals surface area contributed by atoms with E-state index < -0.39 is 0 Å². The molecule has 2 aliphatic carbocycles. The van der Waals surface area contributed by atoms with E-state index in [1.54, 1.807) is 0 Å². The van der Waals surface area contributed by atoms with Crippen LogP contribution in [0.2, 0.25) is 0 Å². The molecule has 5 heterocycles. The zero-order chi connectivity index (χ0) is 56.8. The Bertz CT molecular complexity index is 5660. The van der Waals surface area contributed by atoms with Gasteiger partial charge in [-0.2, -0.15) is 0 Å². The van der Waals surface area contributed by atoms with Crippen molar-refractivity contribution in [2.24, 2.45) is 0 Å². The fraction of sp³-hybridized carbons (Fsp3) is 0.0500. The highest BCUT2D eigenvalue weighted by Crippen LogP contribution is 2.48. The normalized spacial score (nSPS) is 14.6. The molecule has 7 heteroatoms. The zero-order valence-electron chi connectivity index (χ0n) is 47.0. The van der Waals surface area contributed by atoms with E-state index in [0.717, 1.165) is 153 Å². The molecule has 0 saturated carbocycles. The summed E-state index contributed by atoms with van der Waals surface area (Å²) in [4.78, 5) is 4.66. The van der Waals surface area contributed by atoms with Crippen LogP contribution in [0.3, 0.4) is 0 Å². The Hall–Kier alpha value is -11.3. The Morgan fingerprint density at radius 2 is 0.839 bits per heavy atom. The molecule has 87 heavy (non-hydrogen) atoms. The van der Waals surface area contributed by atoms with Gasteiger partial charge in [-0.15, -0.1) is 0 Å². The number of fused-ring (bicyclic) bond motifs is 17. The monoisotopic (exact) mass is 1120 g/mol. The van der Waals surface area contributed by atoms with Crippen molar-refractivity contribution in [1.29, 1.82) is 0 Å². The summed E-state index contributed by atoms with van der Waals surface area (Å²) >= 11 is 0. The van der Waals surface area contributed by atoms with Gasteiger partial charge >= 0.3 is 0 Å². The lowest BCUT2D eigenvalue weighted by Gasteiger charge is -2.30. The molecule has 0 N–H and O–H groups in total. The number of ether oxygens (including phenoxy) is 1. The van der Waals surface area contributed by atoms with Crippen LogP contribution in [-0.2, 0) is 6.42 Å². The molecular weight excluding hydrogens is 1070 g/mol. The van der Waals surface area contributed by atoms with Gasteiger partial charge in [0.2, 0.25) is 0 Å². The van der Waals surface area contributed by atoms with Crippen molar-refractivity contribution in [3.63, 3.8) is 0 Å². The van der Waals surface area contributed by atoms with Gasteiger partial charge in [0.25, 0.3) is 0 Å². The van der Waals surface area contributed by atoms with E-state index >= 15 is 0 Å². The Morgan fingerprint density at radius 3 is 1.51 bits per heavy atom. The maximum absolute atomic E-state index is 6.94. The lowest BCUT2D eigenvalue weighted by atomic mass is 9.95. The summed E-state index contributed by atoms with van der Waals surface area (Å²) in [6.07, 6.45) is 11.3. The third-order valence-electron chi connectivity index (χ3n) is 18.5. The smallest absolute Gasteiger partial charge is 0.137 e. The second-order valence-electron chi connectivity index (χ2n) is 23.3. The molecule has 7 nitrogen and oxygen atoms in total. The quantitative estimate of drug-likeness (QED) is 0.150. The Labute approximate surface area is 498 Å². The molecular formula is C80H50N2O5. The molecule has 19 rings (SSSR count). The fourth-order valence-electron chi connectivity index (χ4n) is 14.3. The van der Waals surface area contributed by atoms with Crippen molar-refractivity contribution >= 4 is 138 Å². The SMILES string of the molecule is C1=CCC2Oc3cc(N(C4=Cc5oc6cc7c(cc6c5CC4)oc4cc5c(cc47)oc4cc(N(c6ccc(-c7cccc8ccccc78)cc6)c6ccc7c(c6)oc6ccccc67)ccc45)c4ccc(-c5cccc6ccccc56)cc4)ccc3C2=C1.